The summed E-state index contributed by atoms with van der Waals surface area (Å²) >= 11 is 6.12. The molecule has 4 aromatic rings. The number of carbonyl (C=O) groups excluding carboxylic acids is 1. The maximum Gasteiger partial charge on any atom is 0.333 e. The zero-order valence-corrected chi connectivity index (χ0v) is 17.4. The first-order chi connectivity index (χ1) is 14.3. The summed E-state index contributed by atoms with van der Waals surface area (Å²) in [5.41, 5.74) is 2.35. The van der Waals surface area contributed by atoms with E-state index in [0.717, 1.165) is 15.7 Å². The summed E-state index contributed by atoms with van der Waals surface area (Å²) in [5, 5.41) is 3.28. The molecule has 0 saturated carbocycles. The van der Waals surface area contributed by atoms with Gasteiger partial charge in [0.05, 0.1) is 16.8 Å². The number of nitrogens with zero attached hydrogens (tertiary/aromatic N) is 2. The molecular weight excluding hydrogens is 404 g/mol. The van der Waals surface area contributed by atoms with Gasteiger partial charge in [0.25, 0.3) is 11.5 Å². The van der Waals surface area contributed by atoms with Crippen molar-refractivity contribution in [1.29, 1.82) is 0 Å². The highest BCUT2D eigenvalue weighted by molar-refractivity contribution is 6.31. The molecule has 2 aromatic carbocycles. The molecule has 0 bridgehead atoms. The number of aromatic nitrogens is 3. The Morgan fingerprint density at radius 2 is 1.77 bits per heavy atom. The summed E-state index contributed by atoms with van der Waals surface area (Å²) in [6.45, 7) is 3.78. The van der Waals surface area contributed by atoms with Gasteiger partial charge in [-0.3, -0.25) is 9.59 Å². The fourth-order valence-electron chi connectivity index (χ4n) is 3.34. The van der Waals surface area contributed by atoms with Gasteiger partial charge in [-0.25, -0.2) is 9.36 Å². The minimum absolute atomic E-state index is 0.187. The van der Waals surface area contributed by atoms with Crippen molar-refractivity contribution in [1.82, 2.24) is 14.1 Å². The summed E-state index contributed by atoms with van der Waals surface area (Å²) in [4.78, 5) is 41.4. The largest absolute Gasteiger partial charge is 0.344 e. The lowest BCUT2D eigenvalue weighted by Crippen LogP contribution is -2.34. The van der Waals surface area contributed by atoms with Crippen molar-refractivity contribution in [3.05, 3.63) is 91.2 Å². The molecule has 0 spiro atoms. The molecule has 7 nitrogen and oxygen atoms in total. The van der Waals surface area contributed by atoms with Crippen LogP contribution in [0.3, 0.4) is 0 Å². The maximum absolute atomic E-state index is 13.1. The lowest BCUT2D eigenvalue weighted by Gasteiger charge is -2.07. The Bertz CT molecular complexity index is 1410. The van der Waals surface area contributed by atoms with Crippen LogP contribution in [0.15, 0.2) is 58.3 Å². The van der Waals surface area contributed by atoms with E-state index in [2.05, 4.69) is 10.3 Å². The highest BCUT2D eigenvalue weighted by Gasteiger charge is 2.20. The number of aromatic amines is 1. The summed E-state index contributed by atoms with van der Waals surface area (Å²) in [5.74, 6) is -0.455. The van der Waals surface area contributed by atoms with Gasteiger partial charge in [0.1, 0.15) is 5.52 Å². The summed E-state index contributed by atoms with van der Waals surface area (Å²) in [7, 11) is 1.65. The van der Waals surface area contributed by atoms with E-state index in [1.54, 1.807) is 37.4 Å². The molecule has 0 unspecified atom stereocenters. The van der Waals surface area contributed by atoms with Crippen molar-refractivity contribution in [3.8, 4) is 5.69 Å². The predicted molar refractivity (Wildman–Crippen MR) is 118 cm³/mol. The lowest BCUT2D eigenvalue weighted by molar-refractivity contribution is 0.102. The SMILES string of the molecule is Cc1ccc(-n2c(=O)[nH]c3c(C(=O)Nc4ccc(C)c(Cl)c4)cn(C)c3c2=O)cc1. The maximum atomic E-state index is 13.1. The molecule has 2 aromatic heterocycles. The number of benzene rings is 2. The van der Waals surface area contributed by atoms with Gasteiger partial charge in [-0.1, -0.05) is 35.4 Å². The molecule has 2 heterocycles. The fourth-order valence-corrected chi connectivity index (χ4v) is 3.52. The van der Waals surface area contributed by atoms with Crippen LogP contribution in [0.2, 0.25) is 5.02 Å². The van der Waals surface area contributed by atoms with Crippen LogP contribution in [0, 0.1) is 13.8 Å². The molecule has 1 amide bonds. The monoisotopic (exact) mass is 422 g/mol. The number of hydrogen-bond donors (Lipinski definition) is 2. The van der Waals surface area contributed by atoms with Crippen molar-refractivity contribution in [2.75, 3.05) is 5.32 Å². The van der Waals surface area contributed by atoms with Gasteiger partial charge in [0.2, 0.25) is 0 Å². The summed E-state index contributed by atoms with van der Waals surface area (Å²) in [6.07, 6.45) is 1.52. The van der Waals surface area contributed by atoms with Crippen LogP contribution in [0.25, 0.3) is 16.7 Å². The number of carbonyl (C=O) groups is 1. The Labute approximate surface area is 176 Å². The molecule has 2 N–H and O–H groups in total. The zero-order chi connectivity index (χ0) is 21.6. The van der Waals surface area contributed by atoms with E-state index in [0.29, 0.717) is 16.4 Å². The van der Waals surface area contributed by atoms with Crippen LogP contribution < -0.4 is 16.6 Å². The van der Waals surface area contributed by atoms with E-state index in [1.807, 2.05) is 26.0 Å². The van der Waals surface area contributed by atoms with Gasteiger partial charge in [0.15, 0.2) is 0 Å². The van der Waals surface area contributed by atoms with Crippen molar-refractivity contribution in [2.24, 2.45) is 7.05 Å². The summed E-state index contributed by atoms with van der Waals surface area (Å²) in [6, 6.07) is 12.2. The van der Waals surface area contributed by atoms with Gasteiger partial charge in [-0.2, -0.15) is 0 Å². The topological polar surface area (TPSA) is 88.9 Å². The number of halogens is 1. The molecule has 4 rings (SSSR count). The average Bonchev–Trinajstić information content (AvgIpc) is 3.02. The Balaban J connectivity index is 1.82. The minimum atomic E-state index is -0.616. The molecule has 0 fully saturated rings. The second-order valence-corrected chi connectivity index (χ2v) is 7.61. The number of anilines is 1. The van der Waals surface area contributed by atoms with E-state index >= 15 is 0 Å². The first kappa shape index (κ1) is 19.7. The van der Waals surface area contributed by atoms with Crippen LogP contribution in [-0.2, 0) is 7.05 Å². The molecule has 0 saturated heterocycles. The van der Waals surface area contributed by atoms with Crippen molar-refractivity contribution < 1.29 is 4.79 Å². The average molecular weight is 423 g/mol. The lowest BCUT2D eigenvalue weighted by atomic mass is 10.2. The molecule has 0 radical (unpaired) electrons. The first-order valence-electron chi connectivity index (χ1n) is 9.25. The van der Waals surface area contributed by atoms with Crippen LogP contribution in [0.5, 0.6) is 0 Å². The molecule has 0 aliphatic carbocycles. The Hall–Kier alpha value is -3.58. The quantitative estimate of drug-likeness (QED) is 0.529. The predicted octanol–water partition coefficient (Wildman–Crippen LogP) is 3.54. The third-order valence-corrected chi connectivity index (χ3v) is 5.40. The number of nitrogens with one attached hydrogen (secondary N) is 2. The van der Waals surface area contributed by atoms with E-state index < -0.39 is 17.2 Å². The number of amides is 1. The molecular formula is C22H19ClN4O3. The molecule has 152 valence electrons. The van der Waals surface area contributed by atoms with Crippen LogP contribution in [0.1, 0.15) is 21.5 Å². The van der Waals surface area contributed by atoms with Crippen molar-refractivity contribution in [2.45, 2.75) is 13.8 Å². The number of H-pyrrole nitrogens is 1. The Morgan fingerprint density at radius 3 is 2.43 bits per heavy atom. The standard InChI is InChI=1S/C22H19ClN4O3/c1-12-4-8-15(9-5-12)27-21(29)19-18(25-22(27)30)16(11-26(19)3)20(28)24-14-7-6-13(2)17(23)10-14/h4-11H,1-3H3,(H,24,28)(H,25,30). The van der Waals surface area contributed by atoms with E-state index in [-0.39, 0.29) is 16.6 Å². The molecule has 0 aliphatic heterocycles. The third kappa shape index (κ3) is 3.33. The van der Waals surface area contributed by atoms with Crippen LogP contribution in [0.4, 0.5) is 5.69 Å². The smallest absolute Gasteiger partial charge is 0.333 e. The van der Waals surface area contributed by atoms with Gasteiger partial charge in [-0.15, -0.1) is 0 Å². The van der Waals surface area contributed by atoms with Crippen molar-refractivity contribution in [3.63, 3.8) is 0 Å². The van der Waals surface area contributed by atoms with Gasteiger partial charge in [-0.05, 0) is 43.7 Å². The molecule has 30 heavy (non-hydrogen) atoms. The first-order valence-corrected chi connectivity index (χ1v) is 9.63. The normalized spacial score (nSPS) is 11.1. The second kappa shape index (κ2) is 7.35. The molecule has 0 aliphatic rings. The highest BCUT2D eigenvalue weighted by Crippen LogP contribution is 2.22. The van der Waals surface area contributed by atoms with Crippen molar-refractivity contribution >= 4 is 34.2 Å². The Kier molecular flexibility index (Phi) is 4.83. The second-order valence-electron chi connectivity index (χ2n) is 7.20. The number of hydrogen-bond acceptors (Lipinski definition) is 3. The molecule has 8 heteroatoms. The van der Waals surface area contributed by atoms with Crippen LogP contribution in [-0.4, -0.2) is 20.0 Å². The van der Waals surface area contributed by atoms with E-state index in [4.69, 9.17) is 11.6 Å². The van der Waals surface area contributed by atoms with E-state index in [9.17, 15) is 14.4 Å². The van der Waals surface area contributed by atoms with Crippen LogP contribution >= 0.6 is 11.6 Å². The fraction of sp³-hybridized carbons (Fsp3) is 0.136. The number of aryl methyl sites for hydroxylation is 3. The minimum Gasteiger partial charge on any atom is -0.344 e. The molecule has 0 atom stereocenters. The number of rotatable bonds is 3. The highest BCUT2D eigenvalue weighted by atomic mass is 35.5. The number of fused-ring (bicyclic) bond motifs is 1. The van der Waals surface area contributed by atoms with Gasteiger partial charge < -0.3 is 14.9 Å². The van der Waals surface area contributed by atoms with E-state index in [1.165, 1.54) is 10.8 Å². The Morgan fingerprint density at radius 1 is 1.07 bits per heavy atom. The van der Waals surface area contributed by atoms with Gasteiger partial charge in [0, 0.05) is 24.0 Å². The summed E-state index contributed by atoms with van der Waals surface area (Å²) < 4.78 is 2.60. The van der Waals surface area contributed by atoms with Gasteiger partial charge >= 0.3 is 5.69 Å². The third-order valence-electron chi connectivity index (χ3n) is 4.99. The zero-order valence-electron chi connectivity index (χ0n) is 16.6.